The molecular formula is C24H22ClNO2S. The molecule has 0 unspecified atom stereocenters. The van der Waals surface area contributed by atoms with Crippen LogP contribution < -0.4 is 4.72 Å². The van der Waals surface area contributed by atoms with E-state index in [1.165, 1.54) is 11.1 Å². The van der Waals surface area contributed by atoms with Crippen molar-refractivity contribution < 1.29 is 8.42 Å². The summed E-state index contributed by atoms with van der Waals surface area (Å²) in [5, 5.41) is 0.783. The molecule has 1 aliphatic rings. The molecule has 0 aromatic heterocycles. The predicted molar refractivity (Wildman–Crippen MR) is 122 cm³/mol. The first-order valence-corrected chi connectivity index (χ1v) is 11.7. The lowest BCUT2D eigenvalue weighted by molar-refractivity contribution is 0.602. The van der Waals surface area contributed by atoms with Gasteiger partial charge in [-0.2, -0.15) is 0 Å². The van der Waals surface area contributed by atoms with Crippen LogP contribution in [0.4, 0.5) is 5.69 Å². The molecule has 0 saturated carbocycles. The third-order valence-electron chi connectivity index (χ3n) is 5.21. The molecule has 1 aliphatic carbocycles. The van der Waals surface area contributed by atoms with Crippen molar-refractivity contribution in [2.45, 2.75) is 19.8 Å². The minimum Gasteiger partial charge on any atom is -0.284 e. The quantitative estimate of drug-likeness (QED) is 0.577. The van der Waals surface area contributed by atoms with Gasteiger partial charge in [-0.1, -0.05) is 60.1 Å². The Morgan fingerprint density at radius 1 is 0.966 bits per heavy atom. The Morgan fingerprint density at radius 3 is 2.55 bits per heavy atom. The van der Waals surface area contributed by atoms with Crippen molar-refractivity contribution in [1.29, 1.82) is 0 Å². The Balaban J connectivity index is 1.86. The van der Waals surface area contributed by atoms with Crippen LogP contribution in [0.15, 0.2) is 66.7 Å². The summed E-state index contributed by atoms with van der Waals surface area (Å²) >= 11 is 6.54. The Hall–Kier alpha value is -2.56. The average molecular weight is 424 g/mol. The van der Waals surface area contributed by atoms with Crippen LogP contribution in [0, 0.1) is 0 Å². The zero-order valence-electron chi connectivity index (χ0n) is 16.2. The second-order valence-corrected chi connectivity index (χ2v) is 9.53. The Morgan fingerprint density at radius 2 is 1.72 bits per heavy atom. The van der Waals surface area contributed by atoms with Crippen LogP contribution in [0.3, 0.4) is 0 Å². The van der Waals surface area contributed by atoms with Crippen LogP contribution in [0.25, 0.3) is 11.6 Å². The van der Waals surface area contributed by atoms with Crippen molar-refractivity contribution in [2.24, 2.45) is 0 Å². The lowest BCUT2D eigenvalue weighted by Gasteiger charge is -2.13. The fraction of sp³-hybridized carbons (Fsp3) is 0.167. The molecule has 0 aliphatic heterocycles. The monoisotopic (exact) mass is 423 g/mol. The van der Waals surface area contributed by atoms with Gasteiger partial charge >= 0.3 is 0 Å². The zero-order valence-corrected chi connectivity index (χ0v) is 17.7. The van der Waals surface area contributed by atoms with Crippen molar-refractivity contribution in [2.75, 3.05) is 10.5 Å². The zero-order chi connectivity index (χ0) is 20.4. The highest BCUT2D eigenvalue weighted by Gasteiger charge is 2.19. The van der Waals surface area contributed by atoms with Crippen molar-refractivity contribution >= 4 is 39.0 Å². The van der Waals surface area contributed by atoms with Gasteiger partial charge in [0.05, 0.1) is 5.75 Å². The van der Waals surface area contributed by atoms with Crippen LogP contribution >= 0.6 is 11.6 Å². The first kappa shape index (κ1) is 19.7. The molecule has 0 radical (unpaired) electrons. The SMILES string of the molecule is CCS(=O)(=O)Nc1cccc(/C=C2\c3ccccc3CCc3c(Cl)cccc32)c1. The van der Waals surface area contributed by atoms with Gasteiger partial charge in [0.1, 0.15) is 0 Å². The topological polar surface area (TPSA) is 46.2 Å². The molecule has 3 aromatic rings. The van der Waals surface area contributed by atoms with E-state index in [9.17, 15) is 8.42 Å². The average Bonchev–Trinajstić information content (AvgIpc) is 2.86. The second-order valence-electron chi connectivity index (χ2n) is 7.11. The second kappa shape index (κ2) is 8.05. The summed E-state index contributed by atoms with van der Waals surface area (Å²) in [7, 11) is -3.32. The van der Waals surface area contributed by atoms with E-state index in [2.05, 4.69) is 35.1 Å². The lowest BCUT2D eigenvalue weighted by Crippen LogP contribution is -2.14. The Labute approximate surface area is 177 Å². The van der Waals surface area contributed by atoms with Gasteiger partial charge in [-0.15, -0.1) is 0 Å². The van der Waals surface area contributed by atoms with Crippen LogP contribution in [-0.2, 0) is 22.9 Å². The largest absolute Gasteiger partial charge is 0.284 e. The molecule has 0 bridgehead atoms. The van der Waals surface area contributed by atoms with Gasteiger partial charge in [0.15, 0.2) is 0 Å². The van der Waals surface area contributed by atoms with Gasteiger partial charge in [-0.05, 0) is 77.4 Å². The number of sulfonamides is 1. The van der Waals surface area contributed by atoms with E-state index >= 15 is 0 Å². The van der Waals surface area contributed by atoms with E-state index in [0.717, 1.165) is 40.1 Å². The molecule has 1 N–H and O–H groups in total. The number of anilines is 1. The molecule has 148 valence electrons. The van der Waals surface area contributed by atoms with Crippen molar-refractivity contribution in [3.63, 3.8) is 0 Å². The minimum atomic E-state index is -3.32. The smallest absolute Gasteiger partial charge is 0.232 e. The predicted octanol–water partition coefficient (Wildman–Crippen LogP) is 5.79. The number of hydrogen-bond donors (Lipinski definition) is 1. The number of nitrogens with one attached hydrogen (secondary N) is 1. The molecule has 0 saturated heterocycles. The minimum absolute atomic E-state index is 0.0393. The van der Waals surface area contributed by atoms with E-state index in [1.807, 2.05) is 36.4 Å². The van der Waals surface area contributed by atoms with Gasteiger partial charge in [0.25, 0.3) is 0 Å². The molecule has 29 heavy (non-hydrogen) atoms. The number of benzene rings is 3. The molecule has 0 spiro atoms. The summed E-state index contributed by atoms with van der Waals surface area (Å²) < 4.78 is 26.5. The van der Waals surface area contributed by atoms with E-state index in [4.69, 9.17) is 11.6 Å². The standard InChI is InChI=1S/C24H22ClNO2S/c1-2-29(27,28)26-19-9-5-7-17(15-19)16-23-20-10-4-3-8-18(20)13-14-22-21(23)11-6-12-24(22)25/h3-12,15-16,26H,2,13-14H2,1H3/b23-16+. The van der Waals surface area contributed by atoms with Gasteiger partial charge in [-0.25, -0.2) is 8.42 Å². The molecule has 0 heterocycles. The Bertz CT molecular complexity index is 1200. The molecule has 0 atom stereocenters. The van der Waals surface area contributed by atoms with E-state index in [1.54, 1.807) is 13.0 Å². The number of hydrogen-bond acceptors (Lipinski definition) is 2. The van der Waals surface area contributed by atoms with Crippen molar-refractivity contribution in [3.8, 4) is 0 Å². The van der Waals surface area contributed by atoms with Crippen LogP contribution in [-0.4, -0.2) is 14.2 Å². The fourth-order valence-electron chi connectivity index (χ4n) is 3.74. The Kier molecular flexibility index (Phi) is 5.48. The van der Waals surface area contributed by atoms with Gasteiger partial charge in [0.2, 0.25) is 10.0 Å². The van der Waals surface area contributed by atoms with Crippen molar-refractivity contribution in [3.05, 3.63) is 99.6 Å². The summed E-state index contributed by atoms with van der Waals surface area (Å²) in [6.45, 7) is 1.62. The summed E-state index contributed by atoms with van der Waals surface area (Å²) in [5.74, 6) is 0.0393. The highest BCUT2D eigenvalue weighted by Crippen LogP contribution is 2.37. The van der Waals surface area contributed by atoms with E-state index in [-0.39, 0.29) is 5.75 Å². The van der Waals surface area contributed by atoms with E-state index < -0.39 is 10.0 Å². The number of halogens is 1. The normalized spacial score (nSPS) is 14.8. The molecule has 3 aromatic carbocycles. The summed E-state index contributed by atoms with van der Waals surface area (Å²) in [6, 6.07) is 21.9. The molecule has 0 amide bonds. The summed E-state index contributed by atoms with van der Waals surface area (Å²) in [5.41, 5.74) is 7.35. The van der Waals surface area contributed by atoms with Crippen LogP contribution in [0.1, 0.15) is 34.7 Å². The highest BCUT2D eigenvalue weighted by atomic mass is 35.5. The fourth-order valence-corrected chi connectivity index (χ4v) is 4.64. The molecule has 3 nitrogen and oxygen atoms in total. The third kappa shape index (κ3) is 4.24. The highest BCUT2D eigenvalue weighted by molar-refractivity contribution is 7.92. The molecule has 0 fully saturated rings. The maximum atomic E-state index is 11.9. The van der Waals surface area contributed by atoms with Gasteiger partial charge in [-0.3, -0.25) is 4.72 Å². The van der Waals surface area contributed by atoms with Crippen LogP contribution in [0.5, 0.6) is 0 Å². The molecule has 5 heteroatoms. The first-order valence-electron chi connectivity index (χ1n) is 9.65. The van der Waals surface area contributed by atoms with E-state index in [0.29, 0.717) is 5.69 Å². The van der Waals surface area contributed by atoms with Gasteiger partial charge in [0, 0.05) is 10.7 Å². The molecular weight excluding hydrogens is 402 g/mol. The maximum Gasteiger partial charge on any atom is 0.232 e. The third-order valence-corrected chi connectivity index (χ3v) is 6.87. The summed E-state index contributed by atoms with van der Waals surface area (Å²) in [6.07, 6.45) is 3.93. The van der Waals surface area contributed by atoms with Gasteiger partial charge < -0.3 is 0 Å². The number of rotatable bonds is 4. The maximum absolute atomic E-state index is 11.9. The number of fused-ring (bicyclic) bond motifs is 2. The number of aryl methyl sites for hydroxylation is 1. The molecule has 4 rings (SSSR count). The first-order chi connectivity index (χ1) is 14.0. The van der Waals surface area contributed by atoms with Crippen LogP contribution in [0.2, 0.25) is 5.02 Å². The van der Waals surface area contributed by atoms with Crippen molar-refractivity contribution in [1.82, 2.24) is 0 Å². The lowest BCUT2D eigenvalue weighted by atomic mass is 9.92. The summed E-state index contributed by atoms with van der Waals surface area (Å²) in [4.78, 5) is 0.